The summed E-state index contributed by atoms with van der Waals surface area (Å²) in [5, 5.41) is 4.71. The molecule has 1 aromatic rings. The molecule has 1 aliphatic carbocycles. The fraction of sp³-hybridized carbons (Fsp3) is 0.455. The molecule has 1 saturated carbocycles. The van der Waals surface area contributed by atoms with Gasteiger partial charge in [-0.3, -0.25) is 0 Å². The van der Waals surface area contributed by atoms with Crippen LogP contribution >= 0.6 is 0 Å². The summed E-state index contributed by atoms with van der Waals surface area (Å²) in [6.45, 7) is 0. The molecule has 2 N–H and O–H groups in total. The number of primary sulfonamides is 1. The van der Waals surface area contributed by atoms with Gasteiger partial charge >= 0.3 is 0 Å². The summed E-state index contributed by atoms with van der Waals surface area (Å²) in [4.78, 5) is 0. The third-order valence-corrected chi connectivity index (χ3v) is 4.21. The maximum absolute atomic E-state index is 11.5. The minimum atomic E-state index is -3.52. The van der Waals surface area contributed by atoms with Gasteiger partial charge in [0.05, 0.1) is 7.11 Å². The van der Waals surface area contributed by atoms with Crippen molar-refractivity contribution in [2.75, 3.05) is 7.11 Å². The summed E-state index contributed by atoms with van der Waals surface area (Å²) >= 11 is 0. The first-order valence-corrected chi connectivity index (χ1v) is 6.79. The monoisotopic (exact) mass is 241 g/mol. The molecule has 0 saturated heterocycles. The molecule has 0 bridgehead atoms. The van der Waals surface area contributed by atoms with Gasteiger partial charge in [0.15, 0.2) is 0 Å². The Morgan fingerprint density at radius 1 is 1.31 bits per heavy atom. The molecule has 88 valence electrons. The topological polar surface area (TPSA) is 69.4 Å². The van der Waals surface area contributed by atoms with Crippen molar-refractivity contribution in [3.8, 4) is 5.75 Å². The Morgan fingerprint density at radius 2 is 1.88 bits per heavy atom. The highest BCUT2D eigenvalue weighted by molar-refractivity contribution is 7.89. The number of benzene rings is 1. The predicted molar refractivity (Wildman–Crippen MR) is 61.6 cm³/mol. The molecule has 0 aliphatic heterocycles. The quantitative estimate of drug-likeness (QED) is 0.867. The van der Waals surface area contributed by atoms with Gasteiger partial charge in [0.25, 0.3) is 0 Å². The van der Waals surface area contributed by atoms with Crippen molar-refractivity contribution in [2.24, 2.45) is 11.1 Å². The van der Waals surface area contributed by atoms with E-state index >= 15 is 0 Å². The standard InChI is InChI=1S/C11H15NO3S/c1-15-10-6-4-9(5-7-10)11(8-2-3-8)16(12,13)14/h4-8,11H,2-3H2,1H3,(H2,12,13,14). The lowest BCUT2D eigenvalue weighted by atomic mass is 10.1. The molecule has 1 aliphatic rings. The molecule has 5 heteroatoms. The first-order valence-electron chi connectivity index (χ1n) is 5.18. The van der Waals surface area contributed by atoms with Crippen molar-refractivity contribution in [3.63, 3.8) is 0 Å². The van der Waals surface area contributed by atoms with Gasteiger partial charge in [0.1, 0.15) is 11.0 Å². The highest BCUT2D eigenvalue weighted by Gasteiger charge is 2.39. The molecule has 4 nitrogen and oxygen atoms in total. The van der Waals surface area contributed by atoms with Gasteiger partial charge in [-0.15, -0.1) is 0 Å². The molecule has 0 radical (unpaired) electrons. The van der Waals surface area contributed by atoms with Crippen molar-refractivity contribution < 1.29 is 13.2 Å². The van der Waals surface area contributed by atoms with Crippen molar-refractivity contribution in [2.45, 2.75) is 18.1 Å². The van der Waals surface area contributed by atoms with Crippen LogP contribution in [-0.2, 0) is 10.0 Å². The Bertz CT molecular complexity index is 463. The Hall–Kier alpha value is -1.07. The number of hydrogen-bond donors (Lipinski definition) is 1. The van der Waals surface area contributed by atoms with Crippen molar-refractivity contribution in [1.82, 2.24) is 0 Å². The van der Waals surface area contributed by atoms with E-state index in [0.717, 1.165) is 18.4 Å². The molecule has 0 amide bonds. The first kappa shape index (κ1) is 11.4. The fourth-order valence-electron chi connectivity index (χ4n) is 1.92. The van der Waals surface area contributed by atoms with Gasteiger partial charge in [-0.05, 0) is 36.5 Å². The molecule has 16 heavy (non-hydrogen) atoms. The highest BCUT2D eigenvalue weighted by atomic mass is 32.2. The van der Waals surface area contributed by atoms with Crippen LogP contribution in [-0.4, -0.2) is 15.5 Å². The summed E-state index contributed by atoms with van der Waals surface area (Å²) in [6.07, 6.45) is 1.88. The zero-order valence-corrected chi connectivity index (χ0v) is 9.91. The lowest BCUT2D eigenvalue weighted by Crippen LogP contribution is -2.23. The normalized spacial score (nSPS) is 18.1. The highest BCUT2D eigenvalue weighted by Crippen LogP contribution is 2.44. The Kier molecular flexibility index (Phi) is 2.90. The summed E-state index contributed by atoms with van der Waals surface area (Å²) < 4.78 is 28.1. The maximum atomic E-state index is 11.5. The molecule has 1 fully saturated rings. The summed E-state index contributed by atoms with van der Waals surface area (Å²) in [7, 11) is -1.94. The van der Waals surface area contributed by atoms with Crippen molar-refractivity contribution >= 4 is 10.0 Å². The SMILES string of the molecule is COc1ccc(C(C2CC2)S(N)(=O)=O)cc1. The van der Waals surface area contributed by atoms with Crippen LogP contribution < -0.4 is 9.88 Å². The largest absolute Gasteiger partial charge is 0.497 e. The molecule has 0 heterocycles. The zero-order valence-electron chi connectivity index (χ0n) is 9.09. The van der Waals surface area contributed by atoms with Crippen molar-refractivity contribution in [3.05, 3.63) is 29.8 Å². The number of sulfonamides is 1. The molecule has 2 rings (SSSR count). The number of methoxy groups -OCH3 is 1. The summed E-state index contributed by atoms with van der Waals surface area (Å²) in [6, 6.07) is 7.06. The van der Waals surface area contributed by atoms with Gasteiger partial charge in [0, 0.05) is 0 Å². The van der Waals surface area contributed by atoms with E-state index in [9.17, 15) is 8.42 Å². The average molecular weight is 241 g/mol. The van der Waals surface area contributed by atoms with Gasteiger partial charge < -0.3 is 4.74 Å². The molecule has 1 atom stereocenters. The third kappa shape index (κ3) is 2.36. The van der Waals surface area contributed by atoms with Crippen LogP contribution in [0.25, 0.3) is 0 Å². The van der Waals surface area contributed by atoms with E-state index < -0.39 is 15.3 Å². The van der Waals surface area contributed by atoms with E-state index in [2.05, 4.69) is 0 Å². The van der Waals surface area contributed by atoms with Crippen LogP contribution in [0.5, 0.6) is 5.75 Å². The van der Waals surface area contributed by atoms with Gasteiger partial charge in [-0.25, -0.2) is 13.6 Å². The second-order valence-corrected chi connectivity index (χ2v) is 5.81. The van der Waals surface area contributed by atoms with Crippen LogP contribution in [0, 0.1) is 5.92 Å². The molecule has 0 aromatic heterocycles. The summed E-state index contributed by atoms with van der Waals surface area (Å²) in [5.41, 5.74) is 0.755. The number of nitrogens with two attached hydrogens (primary N) is 1. The van der Waals surface area contributed by atoms with Gasteiger partial charge in [0.2, 0.25) is 10.0 Å². The van der Waals surface area contributed by atoms with Gasteiger partial charge in [-0.1, -0.05) is 12.1 Å². The lowest BCUT2D eigenvalue weighted by Gasteiger charge is -2.14. The van der Waals surface area contributed by atoms with E-state index in [1.165, 1.54) is 0 Å². The lowest BCUT2D eigenvalue weighted by molar-refractivity contribution is 0.414. The average Bonchev–Trinajstić information content (AvgIpc) is 3.01. The Morgan fingerprint density at radius 3 is 2.25 bits per heavy atom. The van der Waals surface area contributed by atoms with Crippen LogP contribution in [0.1, 0.15) is 23.7 Å². The smallest absolute Gasteiger partial charge is 0.216 e. The predicted octanol–water partition coefficient (Wildman–Crippen LogP) is 1.43. The molecule has 1 aromatic carbocycles. The van der Waals surface area contributed by atoms with Gasteiger partial charge in [-0.2, -0.15) is 0 Å². The maximum Gasteiger partial charge on any atom is 0.216 e. The molecular formula is C11H15NO3S. The fourth-order valence-corrected chi connectivity index (χ4v) is 3.27. The second-order valence-electron chi connectivity index (χ2n) is 4.12. The van der Waals surface area contributed by atoms with E-state index in [0.29, 0.717) is 5.75 Å². The second kappa shape index (κ2) is 4.07. The Labute approximate surface area is 95.5 Å². The van der Waals surface area contributed by atoms with Crippen LogP contribution in [0.15, 0.2) is 24.3 Å². The van der Waals surface area contributed by atoms with Crippen LogP contribution in [0.3, 0.4) is 0 Å². The van der Waals surface area contributed by atoms with E-state index in [1.54, 1.807) is 31.4 Å². The molecule has 1 unspecified atom stereocenters. The number of rotatable bonds is 4. The van der Waals surface area contributed by atoms with Crippen LogP contribution in [0.2, 0.25) is 0 Å². The molecular weight excluding hydrogens is 226 g/mol. The van der Waals surface area contributed by atoms with E-state index in [4.69, 9.17) is 9.88 Å². The third-order valence-electron chi connectivity index (χ3n) is 2.85. The zero-order chi connectivity index (χ0) is 11.8. The minimum absolute atomic E-state index is 0.184. The first-order chi connectivity index (χ1) is 7.52. The van der Waals surface area contributed by atoms with E-state index in [1.807, 2.05) is 0 Å². The minimum Gasteiger partial charge on any atom is -0.497 e. The Balaban J connectivity index is 2.32. The number of hydrogen-bond acceptors (Lipinski definition) is 3. The number of ether oxygens (including phenoxy) is 1. The van der Waals surface area contributed by atoms with Crippen molar-refractivity contribution in [1.29, 1.82) is 0 Å². The van der Waals surface area contributed by atoms with Crippen LogP contribution in [0.4, 0.5) is 0 Å². The summed E-state index contributed by atoms with van der Waals surface area (Å²) in [5.74, 6) is 0.899. The molecule has 0 spiro atoms. The van der Waals surface area contributed by atoms with E-state index in [-0.39, 0.29) is 5.92 Å².